The zero-order valence-electron chi connectivity index (χ0n) is 5.96. The molecular weight excluding hydrogens is 130 g/mol. The van der Waals surface area contributed by atoms with E-state index in [-0.39, 0.29) is 0 Å². The van der Waals surface area contributed by atoms with E-state index in [1.54, 1.807) is 0 Å². The second-order valence-electron chi connectivity index (χ2n) is 1.60. The Hall–Kier alpha value is -1.30. The Morgan fingerprint density at radius 3 is 3.10 bits per heavy atom. The van der Waals surface area contributed by atoms with Gasteiger partial charge in [0.1, 0.15) is 0 Å². The second-order valence-corrected chi connectivity index (χ2v) is 1.60. The maximum absolute atomic E-state index is 10.3. The summed E-state index contributed by atoms with van der Waals surface area (Å²) in [5, 5.41) is 0. The minimum atomic E-state index is -0.528. The molecule has 0 saturated carbocycles. The van der Waals surface area contributed by atoms with E-state index in [0.29, 0.717) is 6.54 Å². The van der Waals surface area contributed by atoms with Gasteiger partial charge in [-0.3, -0.25) is 0 Å². The third kappa shape index (κ3) is 4.85. The highest BCUT2D eigenvalue weighted by Crippen LogP contribution is 1.79. The first-order chi connectivity index (χ1) is 4.81. The quantitative estimate of drug-likeness (QED) is 0.330. The highest BCUT2D eigenvalue weighted by molar-refractivity contribution is 5.81. The lowest BCUT2D eigenvalue weighted by Crippen LogP contribution is -1.91. The Kier molecular flexibility index (Phi) is 5.07. The summed E-state index contributed by atoms with van der Waals surface area (Å²) in [4.78, 5) is 13.9. The molecule has 0 unspecified atom stereocenters. The summed E-state index contributed by atoms with van der Waals surface area (Å²) >= 11 is 0. The van der Waals surface area contributed by atoms with Crippen LogP contribution in [0.4, 0.5) is 0 Å². The Bertz CT molecular complexity index is 176. The molecule has 0 N–H and O–H groups in total. The molecule has 0 rings (SSSR count). The number of nitrogens with zero attached hydrogens (tertiary/aromatic N) is 1. The SMILES string of the molecule is C=CC(=O)OC#[N+]CCC. The summed E-state index contributed by atoms with van der Waals surface area (Å²) in [7, 11) is 0. The van der Waals surface area contributed by atoms with Crippen LogP contribution in [0.25, 0.3) is 4.85 Å². The number of hydrogen-bond acceptors (Lipinski definition) is 2. The van der Waals surface area contributed by atoms with Gasteiger partial charge in [0.15, 0.2) is 0 Å². The van der Waals surface area contributed by atoms with Crippen molar-refractivity contribution in [1.29, 1.82) is 0 Å². The topological polar surface area (TPSA) is 30.7 Å². The van der Waals surface area contributed by atoms with Crippen molar-refractivity contribution >= 4 is 5.97 Å². The van der Waals surface area contributed by atoms with Crippen molar-refractivity contribution in [1.82, 2.24) is 0 Å². The van der Waals surface area contributed by atoms with E-state index in [0.717, 1.165) is 12.5 Å². The van der Waals surface area contributed by atoms with Gasteiger partial charge in [-0.25, -0.2) is 4.79 Å². The van der Waals surface area contributed by atoms with Crippen LogP contribution < -0.4 is 0 Å². The minimum absolute atomic E-state index is 0.528. The molecule has 0 saturated heterocycles. The van der Waals surface area contributed by atoms with E-state index in [2.05, 4.69) is 22.4 Å². The maximum Gasteiger partial charge on any atom is 0.522 e. The van der Waals surface area contributed by atoms with Crippen LogP contribution in [0.2, 0.25) is 0 Å². The van der Waals surface area contributed by atoms with Gasteiger partial charge >= 0.3 is 12.2 Å². The van der Waals surface area contributed by atoms with Gasteiger partial charge in [0, 0.05) is 12.5 Å². The molecule has 0 spiro atoms. The highest BCUT2D eigenvalue weighted by Gasteiger charge is 1.94. The average molecular weight is 140 g/mol. The molecule has 0 aliphatic carbocycles. The standard InChI is InChI=1S/C7H10NO2/c1-3-5-8-6-10-7(9)4-2/h4H,2-3,5H2,1H3/q+1. The van der Waals surface area contributed by atoms with Gasteiger partial charge < -0.3 is 4.74 Å². The first kappa shape index (κ1) is 8.70. The molecule has 54 valence electrons. The van der Waals surface area contributed by atoms with E-state index in [1.165, 1.54) is 0 Å². The van der Waals surface area contributed by atoms with Gasteiger partial charge in [0.05, 0.1) is 0 Å². The fourth-order valence-corrected chi connectivity index (χ4v) is 0.276. The summed E-state index contributed by atoms with van der Waals surface area (Å²) < 4.78 is 4.32. The number of ether oxygens (including phenoxy) is 1. The fourth-order valence-electron chi connectivity index (χ4n) is 0.276. The van der Waals surface area contributed by atoms with E-state index in [4.69, 9.17) is 0 Å². The van der Waals surface area contributed by atoms with Gasteiger partial charge in [-0.2, -0.15) is 0 Å². The molecule has 10 heavy (non-hydrogen) atoms. The first-order valence-electron chi connectivity index (χ1n) is 3.06. The molecule has 0 radical (unpaired) electrons. The Balaban J connectivity index is 3.45. The van der Waals surface area contributed by atoms with E-state index < -0.39 is 5.97 Å². The monoisotopic (exact) mass is 140 g/mol. The molecule has 0 aliphatic rings. The van der Waals surface area contributed by atoms with Gasteiger partial charge in [-0.05, 0) is 4.85 Å². The summed E-state index contributed by atoms with van der Waals surface area (Å²) in [6, 6.07) is 0. The molecule has 0 aliphatic heterocycles. The number of carbonyl (C=O) groups excluding carboxylic acids is 1. The number of rotatable bonds is 2. The predicted molar refractivity (Wildman–Crippen MR) is 38.7 cm³/mol. The number of carbonyl (C=O) groups is 1. The van der Waals surface area contributed by atoms with Gasteiger partial charge in [-0.1, -0.05) is 13.5 Å². The second kappa shape index (κ2) is 5.83. The summed E-state index contributed by atoms with van der Waals surface area (Å²) in [5.41, 5.74) is 0. The van der Waals surface area contributed by atoms with E-state index in [1.807, 2.05) is 6.92 Å². The van der Waals surface area contributed by atoms with Crippen LogP contribution in [0, 0.1) is 6.26 Å². The van der Waals surface area contributed by atoms with Crippen LogP contribution >= 0.6 is 0 Å². The van der Waals surface area contributed by atoms with Crippen molar-refractivity contribution < 1.29 is 9.53 Å². The lowest BCUT2D eigenvalue weighted by Gasteiger charge is -1.75. The third-order valence-electron chi connectivity index (χ3n) is 0.713. The van der Waals surface area contributed by atoms with Crippen molar-refractivity contribution in [3.05, 3.63) is 17.5 Å². The largest absolute Gasteiger partial charge is 0.522 e. The van der Waals surface area contributed by atoms with Crippen molar-refractivity contribution in [2.75, 3.05) is 6.54 Å². The molecule has 0 bridgehead atoms. The molecule has 0 atom stereocenters. The third-order valence-corrected chi connectivity index (χ3v) is 0.713. The molecule has 0 aromatic rings. The van der Waals surface area contributed by atoms with Gasteiger partial charge in [0.2, 0.25) is 0 Å². The molecule has 3 nitrogen and oxygen atoms in total. The zero-order chi connectivity index (χ0) is 7.82. The molecule has 0 amide bonds. The molecule has 3 heteroatoms. The molecule has 0 fully saturated rings. The van der Waals surface area contributed by atoms with Crippen LogP contribution in [0.3, 0.4) is 0 Å². The highest BCUT2D eigenvalue weighted by atomic mass is 16.5. The van der Waals surface area contributed by atoms with Crippen LogP contribution in [0.1, 0.15) is 13.3 Å². The summed E-state index contributed by atoms with van der Waals surface area (Å²) in [5.74, 6) is -0.528. The van der Waals surface area contributed by atoms with Crippen molar-refractivity contribution in [3.8, 4) is 6.26 Å². The van der Waals surface area contributed by atoms with E-state index >= 15 is 0 Å². The van der Waals surface area contributed by atoms with Crippen molar-refractivity contribution in [3.63, 3.8) is 0 Å². The van der Waals surface area contributed by atoms with Crippen LogP contribution in [-0.2, 0) is 9.53 Å². The fraction of sp³-hybridized carbons (Fsp3) is 0.429. The van der Waals surface area contributed by atoms with Gasteiger partial charge in [0.25, 0.3) is 6.54 Å². The first-order valence-corrected chi connectivity index (χ1v) is 3.06. The molecule has 0 aromatic carbocycles. The average Bonchev–Trinajstić information content (AvgIpc) is 1.98. The smallest absolute Gasteiger partial charge is 0.312 e. The van der Waals surface area contributed by atoms with Crippen LogP contribution in [0.5, 0.6) is 0 Å². The van der Waals surface area contributed by atoms with Gasteiger partial charge in [-0.15, -0.1) is 0 Å². The Morgan fingerprint density at radius 1 is 1.90 bits per heavy atom. The predicted octanol–water partition coefficient (Wildman–Crippen LogP) is 1.42. The number of esters is 1. The van der Waals surface area contributed by atoms with Crippen molar-refractivity contribution in [2.24, 2.45) is 0 Å². The Labute approximate surface area is 60.1 Å². The zero-order valence-corrected chi connectivity index (χ0v) is 5.96. The minimum Gasteiger partial charge on any atom is -0.312 e. The summed E-state index contributed by atoms with van der Waals surface area (Å²) in [6.07, 6.45) is 4.12. The normalized spacial score (nSPS) is 7.30. The van der Waals surface area contributed by atoms with E-state index in [9.17, 15) is 4.79 Å². The molecule has 0 aromatic heterocycles. The molecule has 0 heterocycles. The molecular formula is C7H10NO2+. The van der Waals surface area contributed by atoms with Crippen molar-refractivity contribution in [2.45, 2.75) is 13.3 Å². The lowest BCUT2D eigenvalue weighted by molar-refractivity contribution is -0.131. The summed E-state index contributed by atoms with van der Waals surface area (Å²) in [6.45, 7) is 5.81. The van der Waals surface area contributed by atoms with Crippen LogP contribution in [-0.4, -0.2) is 12.5 Å². The lowest BCUT2D eigenvalue weighted by atomic mass is 10.5. The van der Waals surface area contributed by atoms with Crippen LogP contribution in [0.15, 0.2) is 12.7 Å². The maximum atomic E-state index is 10.3. The Morgan fingerprint density at radius 2 is 2.60 bits per heavy atom. The number of hydrogen-bond donors (Lipinski definition) is 0.